The fourth-order valence-electron chi connectivity index (χ4n) is 1.74. The normalized spacial score (nSPS) is 13.6. The van der Waals surface area contributed by atoms with Gasteiger partial charge < -0.3 is 10.8 Å². The van der Waals surface area contributed by atoms with E-state index in [1.54, 1.807) is 0 Å². The molecule has 5 nitrogen and oxygen atoms in total. The molecular weight excluding hydrogens is 204 g/mol. The highest BCUT2D eigenvalue weighted by Crippen LogP contribution is 2.19. The van der Waals surface area contributed by atoms with Crippen LogP contribution in [-0.2, 0) is 0 Å². The lowest BCUT2D eigenvalue weighted by Gasteiger charge is -2.13. The molecule has 0 amide bonds. The molecule has 5 heteroatoms. The number of fused-ring (bicyclic) bond motifs is 1. The summed E-state index contributed by atoms with van der Waals surface area (Å²) in [5.74, 6) is 1.10. The molecule has 16 heavy (non-hydrogen) atoms. The molecule has 0 fully saturated rings. The van der Waals surface area contributed by atoms with Crippen molar-refractivity contribution >= 4 is 5.65 Å². The van der Waals surface area contributed by atoms with E-state index < -0.39 is 6.10 Å². The Bertz CT molecular complexity index is 492. The van der Waals surface area contributed by atoms with E-state index >= 15 is 0 Å². The second-order valence-electron chi connectivity index (χ2n) is 4.11. The maximum Gasteiger partial charge on any atom is 0.161 e. The molecule has 2 aromatic rings. The van der Waals surface area contributed by atoms with Gasteiger partial charge in [0.05, 0.1) is 5.69 Å². The van der Waals surface area contributed by atoms with Crippen molar-refractivity contribution in [1.29, 1.82) is 0 Å². The Balaban J connectivity index is 2.68. The van der Waals surface area contributed by atoms with Crippen LogP contribution in [0.5, 0.6) is 0 Å². The van der Waals surface area contributed by atoms with Crippen molar-refractivity contribution in [1.82, 2.24) is 14.6 Å². The van der Waals surface area contributed by atoms with E-state index in [1.807, 2.05) is 36.4 Å². The molecule has 2 aromatic heterocycles. The zero-order chi connectivity index (χ0) is 11.7. The van der Waals surface area contributed by atoms with Crippen molar-refractivity contribution in [2.75, 3.05) is 6.54 Å². The summed E-state index contributed by atoms with van der Waals surface area (Å²) >= 11 is 0. The van der Waals surface area contributed by atoms with Crippen LogP contribution in [0.4, 0.5) is 0 Å². The van der Waals surface area contributed by atoms with E-state index in [0.717, 1.165) is 17.2 Å². The lowest BCUT2D eigenvalue weighted by atomic mass is 10.2. The highest BCUT2D eigenvalue weighted by molar-refractivity contribution is 5.41. The van der Waals surface area contributed by atoms with Gasteiger partial charge in [0, 0.05) is 12.5 Å². The summed E-state index contributed by atoms with van der Waals surface area (Å²) in [6, 6.07) is 5.56. The van der Waals surface area contributed by atoms with Crippen molar-refractivity contribution < 1.29 is 5.11 Å². The Kier molecular flexibility index (Phi) is 2.89. The summed E-state index contributed by atoms with van der Waals surface area (Å²) in [6.45, 7) is 4.28. The van der Waals surface area contributed by atoms with Gasteiger partial charge in [0.25, 0.3) is 0 Å². The molecular formula is C11H16N4O. The van der Waals surface area contributed by atoms with Gasteiger partial charge in [-0.2, -0.15) is 0 Å². The third-order valence-corrected chi connectivity index (χ3v) is 2.56. The lowest BCUT2D eigenvalue weighted by Crippen LogP contribution is -2.16. The van der Waals surface area contributed by atoms with Crippen molar-refractivity contribution in [3.63, 3.8) is 0 Å². The Labute approximate surface area is 93.9 Å². The van der Waals surface area contributed by atoms with Crippen molar-refractivity contribution in [2.45, 2.75) is 25.9 Å². The number of nitrogens with two attached hydrogens (primary N) is 1. The maximum atomic E-state index is 9.85. The molecule has 3 N–H and O–H groups in total. The fourth-order valence-corrected chi connectivity index (χ4v) is 1.74. The average molecular weight is 220 g/mol. The van der Waals surface area contributed by atoms with Gasteiger partial charge in [-0.05, 0) is 12.1 Å². The SMILES string of the molecule is CC(C)c1nnc2cccc(C(O)CN)n12. The summed E-state index contributed by atoms with van der Waals surface area (Å²) in [5.41, 5.74) is 6.97. The zero-order valence-corrected chi connectivity index (χ0v) is 9.46. The van der Waals surface area contributed by atoms with Crippen LogP contribution in [-0.4, -0.2) is 26.2 Å². The molecule has 0 bridgehead atoms. The molecule has 0 spiro atoms. The Morgan fingerprint density at radius 1 is 1.38 bits per heavy atom. The molecule has 1 unspecified atom stereocenters. The average Bonchev–Trinajstić information content (AvgIpc) is 2.71. The molecule has 0 saturated carbocycles. The third-order valence-electron chi connectivity index (χ3n) is 2.56. The molecule has 86 valence electrons. The van der Waals surface area contributed by atoms with Gasteiger partial charge in [-0.25, -0.2) is 0 Å². The molecule has 1 atom stereocenters. The van der Waals surface area contributed by atoms with Gasteiger partial charge in [0.15, 0.2) is 5.65 Å². The first-order chi connectivity index (χ1) is 7.65. The van der Waals surface area contributed by atoms with Crippen LogP contribution < -0.4 is 5.73 Å². The second kappa shape index (κ2) is 4.19. The molecule has 0 aromatic carbocycles. The highest BCUT2D eigenvalue weighted by atomic mass is 16.3. The van der Waals surface area contributed by atoms with E-state index in [2.05, 4.69) is 10.2 Å². The van der Waals surface area contributed by atoms with Crippen LogP contribution >= 0.6 is 0 Å². The maximum absolute atomic E-state index is 9.85. The minimum absolute atomic E-state index is 0.189. The van der Waals surface area contributed by atoms with Crippen molar-refractivity contribution in [3.8, 4) is 0 Å². The number of rotatable bonds is 3. The van der Waals surface area contributed by atoms with Gasteiger partial charge in [-0.1, -0.05) is 19.9 Å². The summed E-state index contributed by atoms with van der Waals surface area (Å²) < 4.78 is 1.88. The van der Waals surface area contributed by atoms with Crippen LogP contribution in [0.3, 0.4) is 0 Å². The number of pyridine rings is 1. The molecule has 0 aliphatic carbocycles. The third kappa shape index (κ3) is 1.68. The van der Waals surface area contributed by atoms with Crippen molar-refractivity contribution in [2.24, 2.45) is 5.73 Å². The zero-order valence-electron chi connectivity index (χ0n) is 9.46. The minimum atomic E-state index is -0.683. The van der Waals surface area contributed by atoms with Crippen LogP contribution in [0.25, 0.3) is 5.65 Å². The van der Waals surface area contributed by atoms with Gasteiger partial charge in [-0.3, -0.25) is 4.40 Å². The molecule has 0 radical (unpaired) electrons. The van der Waals surface area contributed by atoms with Crippen LogP contribution in [0, 0.1) is 0 Å². The van der Waals surface area contributed by atoms with Gasteiger partial charge in [0.2, 0.25) is 0 Å². The van der Waals surface area contributed by atoms with E-state index in [1.165, 1.54) is 0 Å². The number of hydrogen-bond donors (Lipinski definition) is 2. The quantitative estimate of drug-likeness (QED) is 0.803. The Morgan fingerprint density at radius 2 is 2.12 bits per heavy atom. The van der Waals surface area contributed by atoms with Crippen LogP contribution in [0.15, 0.2) is 18.2 Å². The predicted molar refractivity (Wildman–Crippen MR) is 61.1 cm³/mol. The molecule has 0 aliphatic heterocycles. The van der Waals surface area contributed by atoms with Crippen LogP contribution in [0.2, 0.25) is 0 Å². The van der Waals surface area contributed by atoms with E-state index in [4.69, 9.17) is 5.73 Å². The smallest absolute Gasteiger partial charge is 0.161 e. The van der Waals surface area contributed by atoms with Gasteiger partial charge >= 0.3 is 0 Å². The van der Waals surface area contributed by atoms with E-state index in [9.17, 15) is 5.11 Å². The Morgan fingerprint density at radius 3 is 2.75 bits per heavy atom. The number of aliphatic hydroxyl groups excluding tert-OH is 1. The summed E-state index contributed by atoms with van der Waals surface area (Å²) in [5, 5.41) is 18.1. The number of nitrogens with zero attached hydrogens (tertiary/aromatic N) is 3. The number of aliphatic hydroxyl groups is 1. The topological polar surface area (TPSA) is 76.4 Å². The summed E-state index contributed by atoms with van der Waals surface area (Å²) in [6.07, 6.45) is -0.683. The minimum Gasteiger partial charge on any atom is -0.386 e. The first-order valence-electron chi connectivity index (χ1n) is 5.37. The Hall–Kier alpha value is -1.46. The van der Waals surface area contributed by atoms with Crippen molar-refractivity contribution in [3.05, 3.63) is 29.7 Å². The largest absolute Gasteiger partial charge is 0.386 e. The second-order valence-corrected chi connectivity index (χ2v) is 4.11. The molecule has 2 heterocycles. The first kappa shape index (κ1) is 11.0. The fraction of sp³-hybridized carbons (Fsp3) is 0.455. The number of hydrogen-bond acceptors (Lipinski definition) is 4. The van der Waals surface area contributed by atoms with E-state index in [-0.39, 0.29) is 12.5 Å². The van der Waals surface area contributed by atoms with Gasteiger partial charge in [0.1, 0.15) is 11.9 Å². The lowest BCUT2D eigenvalue weighted by molar-refractivity contribution is 0.180. The predicted octanol–water partition coefficient (Wildman–Crippen LogP) is 0.845. The van der Waals surface area contributed by atoms with Crippen LogP contribution in [0.1, 0.15) is 37.4 Å². The summed E-state index contributed by atoms with van der Waals surface area (Å²) in [4.78, 5) is 0. The molecule has 0 aliphatic rings. The van der Waals surface area contributed by atoms with E-state index in [0.29, 0.717) is 0 Å². The monoisotopic (exact) mass is 220 g/mol. The molecule has 0 saturated heterocycles. The molecule has 2 rings (SSSR count). The highest BCUT2D eigenvalue weighted by Gasteiger charge is 2.15. The first-order valence-corrected chi connectivity index (χ1v) is 5.37. The summed E-state index contributed by atoms with van der Waals surface area (Å²) in [7, 11) is 0. The number of aromatic nitrogens is 3. The van der Waals surface area contributed by atoms with Gasteiger partial charge in [-0.15, -0.1) is 10.2 Å². The standard InChI is InChI=1S/C11H16N4O/c1-7(2)11-14-13-10-5-3-4-8(15(10)11)9(16)6-12/h3-5,7,9,16H,6,12H2,1-2H3.